The normalized spacial score (nSPS) is 14.7. The zero-order chi connectivity index (χ0) is 16.4. The predicted octanol–water partition coefficient (Wildman–Crippen LogP) is 1.83. The molecular weight excluding hydrogens is 304 g/mol. The number of hydrogen-bond donors (Lipinski definition) is 0. The second-order valence-corrected chi connectivity index (χ2v) is 6.00. The summed E-state index contributed by atoms with van der Waals surface area (Å²) in [6, 6.07) is 10.2. The van der Waals surface area contributed by atoms with Gasteiger partial charge in [0.25, 0.3) is 0 Å². The molecule has 1 aliphatic heterocycles. The topological polar surface area (TPSA) is 72.9 Å². The molecule has 0 aliphatic carbocycles. The molecule has 7 nitrogen and oxygen atoms in total. The van der Waals surface area contributed by atoms with E-state index in [0.717, 1.165) is 37.7 Å². The molecule has 0 saturated carbocycles. The first-order valence-electron chi connectivity index (χ1n) is 8.30. The lowest BCUT2D eigenvalue weighted by Crippen LogP contribution is -2.34. The maximum Gasteiger partial charge on any atom is 0.230 e. The fourth-order valence-corrected chi connectivity index (χ4v) is 3.05. The molecule has 0 amide bonds. The zero-order valence-electron chi connectivity index (χ0n) is 13.7. The third-order valence-electron chi connectivity index (χ3n) is 4.29. The van der Waals surface area contributed by atoms with Crippen molar-refractivity contribution in [2.24, 2.45) is 0 Å². The van der Waals surface area contributed by atoms with Crippen molar-refractivity contribution in [2.75, 3.05) is 6.54 Å². The molecule has 24 heavy (non-hydrogen) atoms. The molecule has 4 rings (SSSR count). The molecule has 1 aromatic carbocycles. The Hall–Kier alpha value is -2.54. The van der Waals surface area contributed by atoms with Crippen LogP contribution in [-0.4, -0.2) is 36.4 Å². The van der Waals surface area contributed by atoms with Gasteiger partial charge in [0.05, 0.1) is 19.5 Å². The SMILES string of the molecule is CCc1nnc2n1CCN(Cc1nnc(Cc3ccccc3)o1)C2. The molecule has 124 valence electrons. The van der Waals surface area contributed by atoms with Crippen molar-refractivity contribution in [1.82, 2.24) is 29.9 Å². The summed E-state index contributed by atoms with van der Waals surface area (Å²) < 4.78 is 8.01. The first-order chi connectivity index (χ1) is 11.8. The lowest BCUT2D eigenvalue weighted by atomic mass is 10.2. The van der Waals surface area contributed by atoms with Crippen molar-refractivity contribution in [3.8, 4) is 0 Å². The van der Waals surface area contributed by atoms with Crippen LogP contribution in [0.15, 0.2) is 34.7 Å². The molecule has 0 radical (unpaired) electrons. The second kappa shape index (κ2) is 6.52. The predicted molar refractivity (Wildman–Crippen MR) is 87.1 cm³/mol. The van der Waals surface area contributed by atoms with Crippen molar-refractivity contribution in [3.63, 3.8) is 0 Å². The van der Waals surface area contributed by atoms with Crippen LogP contribution in [0.2, 0.25) is 0 Å². The fraction of sp³-hybridized carbons (Fsp3) is 0.412. The monoisotopic (exact) mass is 324 g/mol. The van der Waals surface area contributed by atoms with Gasteiger partial charge in [-0.1, -0.05) is 37.3 Å². The van der Waals surface area contributed by atoms with Crippen LogP contribution in [0.5, 0.6) is 0 Å². The highest BCUT2D eigenvalue weighted by molar-refractivity contribution is 5.17. The minimum Gasteiger partial charge on any atom is -0.424 e. The van der Waals surface area contributed by atoms with E-state index in [4.69, 9.17) is 4.42 Å². The Morgan fingerprint density at radius 1 is 1.00 bits per heavy atom. The Kier molecular flexibility index (Phi) is 4.08. The molecule has 0 fully saturated rings. The number of nitrogens with zero attached hydrogens (tertiary/aromatic N) is 6. The average Bonchev–Trinajstić information content (AvgIpc) is 3.22. The van der Waals surface area contributed by atoms with E-state index >= 15 is 0 Å². The number of fused-ring (bicyclic) bond motifs is 1. The zero-order valence-corrected chi connectivity index (χ0v) is 13.7. The molecule has 0 atom stereocenters. The highest BCUT2D eigenvalue weighted by Gasteiger charge is 2.22. The standard InChI is InChI=1S/C17H20N6O/c1-2-14-18-19-15-11-22(8-9-23(14)15)12-17-21-20-16(24-17)10-13-6-4-3-5-7-13/h3-7H,2,8-12H2,1H3. The summed E-state index contributed by atoms with van der Waals surface area (Å²) in [6.07, 6.45) is 1.58. The maximum atomic E-state index is 5.80. The van der Waals surface area contributed by atoms with E-state index in [1.807, 2.05) is 18.2 Å². The molecule has 0 saturated heterocycles. The highest BCUT2D eigenvalue weighted by Crippen LogP contribution is 2.16. The first-order valence-corrected chi connectivity index (χ1v) is 8.30. The molecular formula is C17H20N6O. The summed E-state index contributed by atoms with van der Waals surface area (Å²) in [7, 11) is 0. The molecule has 3 heterocycles. The van der Waals surface area contributed by atoms with E-state index in [0.29, 0.717) is 24.7 Å². The van der Waals surface area contributed by atoms with Gasteiger partial charge in [-0.15, -0.1) is 20.4 Å². The van der Waals surface area contributed by atoms with E-state index in [1.54, 1.807) is 0 Å². The van der Waals surface area contributed by atoms with Crippen molar-refractivity contribution < 1.29 is 4.42 Å². The lowest BCUT2D eigenvalue weighted by molar-refractivity contribution is 0.188. The van der Waals surface area contributed by atoms with Crippen LogP contribution < -0.4 is 0 Å². The van der Waals surface area contributed by atoms with Crippen molar-refractivity contribution in [1.29, 1.82) is 0 Å². The Morgan fingerprint density at radius 3 is 2.67 bits per heavy atom. The van der Waals surface area contributed by atoms with Gasteiger partial charge in [-0.25, -0.2) is 0 Å². The highest BCUT2D eigenvalue weighted by atomic mass is 16.4. The quantitative estimate of drug-likeness (QED) is 0.713. The molecule has 1 aliphatic rings. The van der Waals surface area contributed by atoms with E-state index in [2.05, 4.69) is 48.9 Å². The largest absolute Gasteiger partial charge is 0.424 e. The minimum absolute atomic E-state index is 0.649. The smallest absolute Gasteiger partial charge is 0.230 e. The van der Waals surface area contributed by atoms with Gasteiger partial charge in [0.2, 0.25) is 11.8 Å². The van der Waals surface area contributed by atoms with Gasteiger partial charge in [-0.05, 0) is 5.56 Å². The number of aromatic nitrogens is 5. The second-order valence-electron chi connectivity index (χ2n) is 6.00. The van der Waals surface area contributed by atoms with Crippen LogP contribution in [0.4, 0.5) is 0 Å². The Balaban J connectivity index is 1.40. The number of aryl methyl sites for hydroxylation is 1. The van der Waals surface area contributed by atoms with E-state index in [-0.39, 0.29) is 0 Å². The first kappa shape index (κ1) is 15.0. The molecule has 3 aromatic rings. The van der Waals surface area contributed by atoms with Crippen LogP contribution in [0.3, 0.4) is 0 Å². The molecule has 0 unspecified atom stereocenters. The van der Waals surface area contributed by atoms with Gasteiger partial charge in [-0.2, -0.15) is 0 Å². The van der Waals surface area contributed by atoms with Gasteiger partial charge in [0, 0.05) is 19.5 Å². The van der Waals surface area contributed by atoms with Crippen molar-refractivity contribution in [2.45, 2.75) is 39.4 Å². The molecule has 2 aromatic heterocycles. The van der Waals surface area contributed by atoms with Gasteiger partial charge in [0.1, 0.15) is 11.6 Å². The van der Waals surface area contributed by atoms with E-state index in [9.17, 15) is 0 Å². The van der Waals surface area contributed by atoms with Gasteiger partial charge in [-0.3, -0.25) is 4.90 Å². The molecule has 0 bridgehead atoms. The summed E-state index contributed by atoms with van der Waals surface area (Å²) in [5, 5.41) is 16.9. The van der Waals surface area contributed by atoms with Gasteiger partial charge in [0.15, 0.2) is 0 Å². The lowest BCUT2D eigenvalue weighted by Gasteiger charge is -2.26. The molecule has 7 heteroatoms. The fourth-order valence-electron chi connectivity index (χ4n) is 3.05. The third kappa shape index (κ3) is 3.07. The van der Waals surface area contributed by atoms with Gasteiger partial charge >= 0.3 is 0 Å². The van der Waals surface area contributed by atoms with Gasteiger partial charge < -0.3 is 8.98 Å². The summed E-state index contributed by atoms with van der Waals surface area (Å²) in [4.78, 5) is 2.27. The van der Waals surface area contributed by atoms with Crippen molar-refractivity contribution in [3.05, 3.63) is 59.3 Å². The van der Waals surface area contributed by atoms with Crippen LogP contribution in [0.1, 0.15) is 35.9 Å². The summed E-state index contributed by atoms with van der Waals surface area (Å²) in [6.45, 7) is 5.38. The summed E-state index contributed by atoms with van der Waals surface area (Å²) >= 11 is 0. The Morgan fingerprint density at radius 2 is 1.83 bits per heavy atom. The molecule has 0 N–H and O–H groups in total. The van der Waals surface area contributed by atoms with Crippen LogP contribution in [0, 0.1) is 0 Å². The Labute approximate surface area is 140 Å². The number of rotatable bonds is 5. The van der Waals surface area contributed by atoms with Crippen LogP contribution in [0.25, 0.3) is 0 Å². The molecule has 0 spiro atoms. The van der Waals surface area contributed by atoms with Crippen LogP contribution in [-0.2, 0) is 32.5 Å². The number of benzene rings is 1. The summed E-state index contributed by atoms with van der Waals surface area (Å²) in [5.41, 5.74) is 1.17. The number of hydrogen-bond acceptors (Lipinski definition) is 6. The van der Waals surface area contributed by atoms with Crippen molar-refractivity contribution >= 4 is 0 Å². The average molecular weight is 324 g/mol. The summed E-state index contributed by atoms with van der Waals surface area (Å²) in [5.74, 6) is 3.39. The van der Waals surface area contributed by atoms with Crippen LogP contribution >= 0.6 is 0 Å². The minimum atomic E-state index is 0.649. The Bertz CT molecular complexity index is 810. The maximum absolute atomic E-state index is 5.80. The third-order valence-corrected chi connectivity index (χ3v) is 4.29. The van der Waals surface area contributed by atoms with E-state index in [1.165, 1.54) is 5.56 Å². The van der Waals surface area contributed by atoms with E-state index < -0.39 is 0 Å².